The summed E-state index contributed by atoms with van der Waals surface area (Å²) in [6.07, 6.45) is 77.3. The zero-order valence-electron chi connectivity index (χ0n) is 60.1. The summed E-state index contributed by atoms with van der Waals surface area (Å²) in [6, 6.07) is -1.19. The molecule has 0 bridgehead atoms. The molecule has 91 heavy (non-hydrogen) atoms. The molecule has 1 amide bonds. The number of carbonyl (C=O) groups excluding carboxylic acids is 1. The number of carbonyl (C=O) groups is 1. The fourth-order valence-electron chi connectivity index (χ4n) is 13.3. The third-order valence-electron chi connectivity index (χ3n) is 19.7. The average molecular weight is 1290 g/mol. The maximum atomic E-state index is 13.3. The highest BCUT2D eigenvalue weighted by atomic mass is 16.7. The van der Waals surface area contributed by atoms with Gasteiger partial charge >= 0.3 is 0 Å². The topological polar surface area (TPSA) is 189 Å². The lowest BCUT2D eigenvalue weighted by molar-refractivity contribution is -0.303. The van der Waals surface area contributed by atoms with E-state index in [0.29, 0.717) is 12.8 Å². The SMILES string of the molecule is CCCCCCCCCCCCCCCC/C=C\CCCCCCCCCCCCCCCCCCC(O)C(=O)NC(COC1OC(CO)C(O)C(O)C1O)C(O)C(O)CCC/C=C/CCCCCCCCCCCCCCCCCCCCCCCCCCC. The van der Waals surface area contributed by atoms with Crippen molar-refractivity contribution in [3.63, 3.8) is 0 Å². The first-order chi connectivity index (χ1) is 44.7. The van der Waals surface area contributed by atoms with Gasteiger partial charge in [-0.3, -0.25) is 4.79 Å². The lowest BCUT2D eigenvalue weighted by atomic mass is 9.98. The van der Waals surface area contributed by atoms with Gasteiger partial charge in [-0.15, -0.1) is 0 Å². The minimum Gasteiger partial charge on any atom is -0.394 e. The number of nitrogens with one attached hydrogen (secondary N) is 1. The molecular formula is C80H155NO10. The van der Waals surface area contributed by atoms with Crippen LogP contribution in [0.15, 0.2) is 24.3 Å². The normalized spacial score (nSPS) is 18.5. The van der Waals surface area contributed by atoms with Crippen LogP contribution in [0.5, 0.6) is 0 Å². The molecule has 0 aromatic rings. The molecule has 0 aromatic carbocycles. The number of rotatable bonds is 72. The summed E-state index contributed by atoms with van der Waals surface area (Å²) in [5.41, 5.74) is 0. The highest BCUT2D eigenvalue weighted by molar-refractivity contribution is 5.80. The van der Waals surface area contributed by atoms with Crippen molar-refractivity contribution in [3.8, 4) is 0 Å². The van der Waals surface area contributed by atoms with E-state index in [2.05, 4.69) is 43.5 Å². The Morgan fingerprint density at radius 2 is 0.648 bits per heavy atom. The Hall–Kier alpha value is -1.41. The molecule has 1 fully saturated rings. The Morgan fingerprint density at radius 1 is 0.374 bits per heavy atom. The lowest BCUT2D eigenvalue weighted by Crippen LogP contribution is -2.60. The number of aliphatic hydroxyl groups excluding tert-OH is 7. The second-order valence-electron chi connectivity index (χ2n) is 28.5. The molecule has 9 atom stereocenters. The van der Waals surface area contributed by atoms with Crippen molar-refractivity contribution in [1.82, 2.24) is 5.32 Å². The Kier molecular flexibility index (Phi) is 66.0. The van der Waals surface area contributed by atoms with Gasteiger partial charge in [-0.25, -0.2) is 0 Å². The van der Waals surface area contributed by atoms with Crippen molar-refractivity contribution in [2.45, 2.75) is 467 Å². The summed E-state index contributed by atoms with van der Waals surface area (Å²) in [5, 5.41) is 76.7. The molecular weight excluding hydrogens is 1130 g/mol. The number of ether oxygens (including phenoxy) is 2. The smallest absolute Gasteiger partial charge is 0.249 e. The number of allylic oxidation sites excluding steroid dienone is 4. The summed E-state index contributed by atoms with van der Waals surface area (Å²) >= 11 is 0. The van der Waals surface area contributed by atoms with Gasteiger partial charge < -0.3 is 50.5 Å². The Morgan fingerprint density at radius 3 is 0.945 bits per heavy atom. The molecule has 1 aliphatic heterocycles. The van der Waals surface area contributed by atoms with Crippen LogP contribution in [0.1, 0.15) is 412 Å². The first-order valence-electron chi connectivity index (χ1n) is 40.2. The van der Waals surface area contributed by atoms with Crippen molar-refractivity contribution in [2.75, 3.05) is 13.2 Å². The molecule has 0 radical (unpaired) electrons. The Labute approximate surface area is 563 Å². The van der Waals surface area contributed by atoms with Crippen molar-refractivity contribution in [3.05, 3.63) is 24.3 Å². The number of hydrogen-bond donors (Lipinski definition) is 8. The van der Waals surface area contributed by atoms with Gasteiger partial charge in [0.15, 0.2) is 6.29 Å². The van der Waals surface area contributed by atoms with Gasteiger partial charge in [-0.2, -0.15) is 0 Å². The molecule has 0 aliphatic carbocycles. The minimum absolute atomic E-state index is 0.258. The first kappa shape index (κ1) is 87.6. The number of unbranched alkanes of at least 4 members (excludes halogenated alkanes) is 56. The average Bonchev–Trinajstić information content (AvgIpc) is 1.05. The van der Waals surface area contributed by atoms with Crippen molar-refractivity contribution in [1.29, 1.82) is 0 Å². The van der Waals surface area contributed by atoms with Gasteiger partial charge in [-0.05, 0) is 64.2 Å². The predicted molar refractivity (Wildman–Crippen MR) is 386 cm³/mol. The van der Waals surface area contributed by atoms with E-state index in [1.54, 1.807) is 0 Å². The van der Waals surface area contributed by atoms with Crippen LogP contribution in [0.2, 0.25) is 0 Å². The zero-order valence-corrected chi connectivity index (χ0v) is 60.1. The molecule has 1 rings (SSSR count). The van der Waals surface area contributed by atoms with Gasteiger partial charge in [0.25, 0.3) is 0 Å². The molecule has 0 aromatic heterocycles. The second-order valence-corrected chi connectivity index (χ2v) is 28.5. The van der Waals surface area contributed by atoms with Gasteiger partial charge in [0.05, 0.1) is 25.4 Å². The highest BCUT2D eigenvalue weighted by Gasteiger charge is 2.44. The maximum Gasteiger partial charge on any atom is 0.249 e. The molecule has 540 valence electrons. The van der Waals surface area contributed by atoms with E-state index in [1.165, 1.54) is 334 Å². The number of hydrogen-bond acceptors (Lipinski definition) is 10. The fourth-order valence-corrected chi connectivity index (χ4v) is 13.3. The second kappa shape index (κ2) is 68.5. The quantitative estimate of drug-likeness (QED) is 0.0215. The molecule has 1 aliphatic rings. The molecule has 9 unspecified atom stereocenters. The number of aliphatic hydroxyl groups is 7. The number of amides is 1. The molecule has 0 saturated carbocycles. The summed E-state index contributed by atoms with van der Waals surface area (Å²) in [4.78, 5) is 13.3. The molecule has 1 heterocycles. The van der Waals surface area contributed by atoms with E-state index in [4.69, 9.17) is 9.47 Å². The van der Waals surface area contributed by atoms with E-state index in [-0.39, 0.29) is 12.8 Å². The highest BCUT2D eigenvalue weighted by Crippen LogP contribution is 2.24. The van der Waals surface area contributed by atoms with E-state index in [9.17, 15) is 40.5 Å². The van der Waals surface area contributed by atoms with Crippen LogP contribution in [0.25, 0.3) is 0 Å². The van der Waals surface area contributed by atoms with Gasteiger partial charge in [0.2, 0.25) is 5.91 Å². The van der Waals surface area contributed by atoms with Crippen LogP contribution in [-0.4, -0.2) is 110 Å². The lowest BCUT2D eigenvalue weighted by Gasteiger charge is -2.40. The van der Waals surface area contributed by atoms with Crippen LogP contribution >= 0.6 is 0 Å². The van der Waals surface area contributed by atoms with Crippen LogP contribution in [-0.2, 0) is 14.3 Å². The van der Waals surface area contributed by atoms with E-state index in [0.717, 1.165) is 38.5 Å². The summed E-state index contributed by atoms with van der Waals surface area (Å²) in [7, 11) is 0. The van der Waals surface area contributed by atoms with E-state index < -0.39 is 74.2 Å². The molecule has 1 saturated heterocycles. The van der Waals surface area contributed by atoms with E-state index >= 15 is 0 Å². The first-order valence-corrected chi connectivity index (χ1v) is 40.2. The maximum absolute atomic E-state index is 13.3. The molecule has 11 heteroatoms. The predicted octanol–water partition coefficient (Wildman–Crippen LogP) is 20.7. The largest absolute Gasteiger partial charge is 0.394 e. The third kappa shape index (κ3) is 55.3. The molecule has 8 N–H and O–H groups in total. The third-order valence-corrected chi connectivity index (χ3v) is 19.7. The fraction of sp³-hybridized carbons (Fsp3) is 0.938. The van der Waals surface area contributed by atoms with Gasteiger partial charge in [-0.1, -0.05) is 372 Å². The summed E-state index contributed by atoms with van der Waals surface area (Å²) < 4.78 is 11.2. The van der Waals surface area contributed by atoms with Crippen LogP contribution in [0.4, 0.5) is 0 Å². The summed E-state index contributed by atoms with van der Waals surface area (Å²) in [6.45, 7) is 3.52. The van der Waals surface area contributed by atoms with Crippen molar-refractivity contribution >= 4 is 5.91 Å². The van der Waals surface area contributed by atoms with Gasteiger partial charge in [0, 0.05) is 0 Å². The van der Waals surface area contributed by atoms with Gasteiger partial charge in [0.1, 0.15) is 36.6 Å². The Bertz CT molecular complexity index is 1530. The van der Waals surface area contributed by atoms with Crippen molar-refractivity contribution < 1.29 is 50.0 Å². The van der Waals surface area contributed by atoms with Crippen molar-refractivity contribution in [2.24, 2.45) is 0 Å². The minimum atomic E-state index is -1.67. The summed E-state index contributed by atoms with van der Waals surface area (Å²) in [5.74, 6) is -0.698. The van der Waals surface area contributed by atoms with Crippen LogP contribution < -0.4 is 5.32 Å². The zero-order chi connectivity index (χ0) is 66.0. The molecule has 11 nitrogen and oxygen atoms in total. The van der Waals surface area contributed by atoms with Crippen LogP contribution in [0, 0.1) is 0 Å². The monoisotopic (exact) mass is 1290 g/mol. The van der Waals surface area contributed by atoms with E-state index in [1.807, 2.05) is 0 Å². The Balaban J connectivity index is 2.14. The molecule has 0 spiro atoms. The van der Waals surface area contributed by atoms with Crippen LogP contribution in [0.3, 0.4) is 0 Å². The standard InChI is InChI=1S/C80H155NO10/c1-3-5-7-9-11-13-15-17-19-21-23-25-27-29-31-33-35-36-37-38-40-42-44-46-48-50-52-54-56-58-60-62-64-66-68-73(84)79(89)81-71(70-90-80-78(88)77(87)76(86)74(69-82)91-80)75(85)72(83)67-65-63-61-59-57-55-53-51-49-47-45-43-41-39-34-32-30-28-26-24-22-20-18-16-14-12-10-8-6-4-2/h33,35,59,61,71-78,80,82-88H,3-32,34,36-58,60,62-70H2,1-2H3,(H,81,89)/b35-33-,61-59+.